The molecule has 4 aromatic heterocycles. The van der Waals surface area contributed by atoms with Crippen molar-refractivity contribution in [1.29, 1.82) is 5.41 Å². The van der Waals surface area contributed by atoms with Crippen LogP contribution < -0.4 is 10.2 Å². The van der Waals surface area contributed by atoms with Crippen LogP contribution in [0.25, 0.3) is 21.0 Å². The van der Waals surface area contributed by atoms with E-state index in [1.54, 1.807) is 36.2 Å². The summed E-state index contributed by atoms with van der Waals surface area (Å²) in [7, 11) is 0. The molecular formula is C20H18N6OS. The molecule has 1 aliphatic rings. The molecule has 140 valence electrons. The van der Waals surface area contributed by atoms with Crippen LogP contribution in [0.5, 0.6) is 0 Å². The molecule has 8 heteroatoms. The Bertz CT molecular complexity index is 1140. The molecule has 0 bridgehead atoms. The highest BCUT2D eigenvalue weighted by Crippen LogP contribution is 2.35. The maximum absolute atomic E-state index is 8.03. The molecule has 1 fully saturated rings. The fraction of sp³-hybridized carbons (Fsp3) is 0.200. The first-order chi connectivity index (χ1) is 13.8. The van der Waals surface area contributed by atoms with Gasteiger partial charge in [0.2, 0.25) is 0 Å². The third-order valence-electron chi connectivity index (χ3n) is 4.72. The summed E-state index contributed by atoms with van der Waals surface area (Å²) >= 11 is 1.57. The molecule has 0 amide bonds. The van der Waals surface area contributed by atoms with Crippen molar-refractivity contribution in [3.8, 4) is 10.8 Å². The normalized spacial score (nSPS) is 14.6. The van der Waals surface area contributed by atoms with E-state index in [1.165, 1.54) is 0 Å². The van der Waals surface area contributed by atoms with Crippen LogP contribution >= 0.6 is 11.3 Å². The van der Waals surface area contributed by atoms with Gasteiger partial charge in [0.1, 0.15) is 5.52 Å². The fourth-order valence-corrected chi connectivity index (χ4v) is 4.35. The predicted octanol–water partition coefficient (Wildman–Crippen LogP) is 4.71. The van der Waals surface area contributed by atoms with Gasteiger partial charge in [-0.2, -0.15) is 0 Å². The van der Waals surface area contributed by atoms with Crippen molar-refractivity contribution in [3.05, 3.63) is 49.1 Å². The number of hydrogen-bond donors (Lipinski definition) is 2. The molecule has 1 aliphatic heterocycles. The van der Waals surface area contributed by atoms with Crippen molar-refractivity contribution in [1.82, 2.24) is 15.0 Å². The number of furan rings is 1. The number of rotatable bonds is 4. The summed E-state index contributed by atoms with van der Waals surface area (Å²) in [6.45, 7) is 1.58. The van der Waals surface area contributed by atoms with E-state index in [-0.39, 0.29) is 0 Å². The highest BCUT2D eigenvalue weighted by atomic mass is 32.1. The van der Waals surface area contributed by atoms with Crippen LogP contribution in [0.4, 0.5) is 17.2 Å². The lowest BCUT2D eigenvalue weighted by Gasteiger charge is -2.30. The number of thiazole rings is 1. The molecule has 0 radical (unpaired) electrons. The number of anilines is 3. The summed E-state index contributed by atoms with van der Waals surface area (Å²) < 4.78 is 6.52. The van der Waals surface area contributed by atoms with Gasteiger partial charge >= 0.3 is 0 Å². The smallest absolute Gasteiger partial charge is 0.162 e. The SMILES string of the molecule is N=C1CCCN(c2ccncc2Nc2nccc3sc(-c4ccco4)nc23)C1. The van der Waals surface area contributed by atoms with Crippen LogP contribution in [0, 0.1) is 5.41 Å². The van der Waals surface area contributed by atoms with Gasteiger partial charge in [0.15, 0.2) is 16.6 Å². The van der Waals surface area contributed by atoms with Crippen LogP contribution in [-0.2, 0) is 0 Å². The first-order valence-electron chi connectivity index (χ1n) is 9.09. The van der Waals surface area contributed by atoms with Gasteiger partial charge in [0.05, 0.1) is 35.1 Å². The maximum atomic E-state index is 8.03. The van der Waals surface area contributed by atoms with Gasteiger partial charge in [-0.15, -0.1) is 11.3 Å². The van der Waals surface area contributed by atoms with E-state index in [9.17, 15) is 0 Å². The second-order valence-corrected chi connectivity index (χ2v) is 7.68. The van der Waals surface area contributed by atoms with Crippen LogP contribution in [0.1, 0.15) is 12.8 Å². The first-order valence-corrected chi connectivity index (χ1v) is 9.91. The van der Waals surface area contributed by atoms with E-state index >= 15 is 0 Å². The lowest BCUT2D eigenvalue weighted by Crippen LogP contribution is -2.35. The van der Waals surface area contributed by atoms with Crippen molar-refractivity contribution in [2.24, 2.45) is 0 Å². The Labute approximate surface area is 165 Å². The molecule has 0 atom stereocenters. The average molecular weight is 390 g/mol. The molecule has 0 saturated carbocycles. The maximum Gasteiger partial charge on any atom is 0.162 e. The molecule has 5 heterocycles. The second kappa shape index (κ2) is 7.05. The quantitative estimate of drug-likeness (QED) is 0.524. The van der Waals surface area contributed by atoms with E-state index in [0.29, 0.717) is 12.4 Å². The Hall–Kier alpha value is -3.26. The van der Waals surface area contributed by atoms with Crippen LogP contribution in [0.3, 0.4) is 0 Å². The highest BCUT2D eigenvalue weighted by Gasteiger charge is 2.19. The van der Waals surface area contributed by atoms with Gasteiger partial charge < -0.3 is 20.0 Å². The minimum Gasteiger partial charge on any atom is -0.462 e. The Morgan fingerprint density at radius 3 is 3.04 bits per heavy atom. The molecule has 5 rings (SSSR count). The number of piperidine rings is 1. The number of nitrogens with zero attached hydrogens (tertiary/aromatic N) is 4. The fourth-order valence-electron chi connectivity index (χ4n) is 3.42. The number of hydrogen-bond acceptors (Lipinski definition) is 8. The summed E-state index contributed by atoms with van der Waals surface area (Å²) in [5.41, 5.74) is 3.46. The first kappa shape index (κ1) is 16.9. The van der Waals surface area contributed by atoms with E-state index in [4.69, 9.17) is 14.8 Å². The Morgan fingerprint density at radius 2 is 2.18 bits per heavy atom. The lowest BCUT2D eigenvalue weighted by molar-refractivity contribution is 0.582. The largest absolute Gasteiger partial charge is 0.462 e. The Morgan fingerprint density at radius 1 is 1.21 bits per heavy atom. The van der Waals surface area contributed by atoms with E-state index < -0.39 is 0 Å². The molecule has 0 unspecified atom stereocenters. The topological polar surface area (TPSA) is 90.9 Å². The van der Waals surface area contributed by atoms with Crippen LogP contribution in [-0.4, -0.2) is 33.8 Å². The second-order valence-electron chi connectivity index (χ2n) is 6.65. The number of aromatic nitrogens is 3. The zero-order chi connectivity index (χ0) is 18.9. The molecule has 0 aliphatic carbocycles. The Kier molecular flexibility index (Phi) is 4.25. The van der Waals surface area contributed by atoms with Gasteiger partial charge in [-0.05, 0) is 37.1 Å². The zero-order valence-corrected chi connectivity index (χ0v) is 15.9. The van der Waals surface area contributed by atoms with Crippen molar-refractivity contribution in [2.75, 3.05) is 23.3 Å². The lowest BCUT2D eigenvalue weighted by atomic mass is 10.1. The molecular weight excluding hydrogens is 372 g/mol. The van der Waals surface area contributed by atoms with E-state index in [1.807, 2.05) is 24.3 Å². The van der Waals surface area contributed by atoms with Crippen molar-refractivity contribution >= 4 is 44.5 Å². The summed E-state index contributed by atoms with van der Waals surface area (Å²) in [6.07, 6.45) is 8.88. The molecule has 2 N–H and O–H groups in total. The third kappa shape index (κ3) is 3.11. The standard InChI is InChI=1S/C20H18N6OS/c21-13-3-1-9-26(12-13)15-5-7-22-11-14(15)24-19-18-17(6-8-23-19)28-20(25-18)16-4-2-10-27-16/h2,4-8,10-11,21H,1,3,9,12H2,(H,23,24). The van der Waals surface area contributed by atoms with Gasteiger partial charge in [-0.1, -0.05) is 0 Å². The number of fused-ring (bicyclic) bond motifs is 1. The molecule has 0 spiro atoms. The van der Waals surface area contributed by atoms with Crippen molar-refractivity contribution in [2.45, 2.75) is 12.8 Å². The van der Waals surface area contributed by atoms with Crippen LogP contribution in [0.15, 0.2) is 53.5 Å². The number of nitrogens with one attached hydrogen (secondary N) is 2. The zero-order valence-electron chi connectivity index (χ0n) is 15.1. The Balaban J connectivity index is 1.51. The highest BCUT2D eigenvalue weighted by molar-refractivity contribution is 7.21. The molecule has 28 heavy (non-hydrogen) atoms. The monoisotopic (exact) mass is 390 g/mol. The van der Waals surface area contributed by atoms with Gasteiger partial charge in [0, 0.05) is 24.7 Å². The summed E-state index contributed by atoms with van der Waals surface area (Å²) in [5.74, 6) is 1.44. The van der Waals surface area contributed by atoms with Gasteiger partial charge in [-0.3, -0.25) is 4.98 Å². The molecule has 4 aromatic rings. The van der Waals surface area contributed by atoms with E-state index in [0.717, 1.165) is 57.5 Å². The van der Waals surface area contributed by atoms with Crippen LogP contribution in [0.2, 0.25) is 0 Å². The summed E-state index contributed by atoms with van der Waals surface area (Å²) in [6, 6.07) is 7.71. The number of pyridine rings is 2. The minimum absolute atomic E-state index is 0.648. The summed E-state index contributed by atoms with van der Waals surface area (Å²) in [4.78, 5) is 15.7. The van der Waals surface area contributed by atoms with E-state index in [2.05, 4.69) is 20.2 Å². The van der Waals surface area contributed by atoms with Gasteiger partial charge in [0.25, 0.3) is 0 Å². The predicted molar refractivity (Wildman–Crippen MR) is 112 cm³/mol. The van der Waals surface area contributed by atoms with Crippen molar-refractivity contribution < 1.29 is 4.42 Å². The summed E-state index contributed by atoms with van der Waals surface area (Å²) in [5, 5.41) is 12.3. The molecule has 1 saturated heterocycles. The molecule has 0 aromatic carbocycles. The molecule has 7 nitrogen and oxygen atoms in total. The average Bonchev–Trinajstić information content (AvgIpc) is 3.38. The van der Waals surface area contributed by atoms with Gasteiger partial charge in [-0.25, -0.2) is 9.97 Å². The minimum atomic E-state index is 0.648. The third-order valence-corrected chi connectivity index (χ3v) is 5.75. The van der Waals surface area contributed by atoms with Crippen molar-refractivity contribution in [3.63, 3.8) is 0 Å².